The minimum absolute atomic E-state index is 0.139. The number of hydrogen-bond donors (Lipinski definition) is 0. The van der Waals surface area contributed by atoms with Gasteiger partial charge in [0.05, 0.1) is 30.5 Å². The van der Waals surface area contributed by atoms with E-state index < -0.39 is 0 Å². The van der Waals surface area contributed by atoms with Crippen LogP contribution >= 0.6 is 11.8 Å². The fourth-order valence-corrected chi connectivity index (χ4v) is 3.30. The number of aliphatic imine (C=N–C) groups is 1. The lowest BCUT2D eigenvalue weighted by Gasteiger charge is -2.30. The van der Waals surface area contributed by atoms with Crippen LogP contribution < -0.4 is 0 Å². The van der Waals surface area contributed by atoms with Gasteiger partial charge in [-0.3, -0.25) is 4.99 Å². The number of nitrogens with zero attached hydrogens (tertiary/aromatic N) is 4. The Morgan fingerprint density at radius 1 is 1.62 bits per heavy atom. The summed E-state index contributed by atoms with van der Waals surface area (Å²) in [7, 11) is 0. The fraction of sp³-hybridized carbons (Fsp3) is 0.333. The molecule has 0 aliphatic carbocycles. The first-order chi connectivity index (χ1) is 10.2. The first-order valence-corrected chi connectivity index (χ1v) is 7.63. The molecule has 3 aliphatic heterocycles. The average molecular weight is 300 g/mol. The lowest BCUT2D eigenvalue weighted by molar-refractivity contribution is -0.0000353. The molecule has 0 radical (unpaired) electrons. The molecule has 0 fully saturated rings. The van der Waals surface area contributed by atoms with Crippen molar-refractivity contribution in [3.05, 3.63) is 47.3 Å². The SMILES string of the molecule is C=C1C=C(C#N)C=CN1C(C)OCC1=CSC2=NCCN12. The summed E-state index contributed by atoms with van der Waals surface area (Å²) >= 11 is 1.66. The summed E-state index contributed by atoms with van der Waals surface area (Å²) in [6.45, 7) is 8.29. The number of nitriles is 1. The molecule has 1 unspecified atom stereocenters. The zero-order valence-electron chi connectivity index (χ0n) is 11.8. The van der Waals surface area contributed by atoms with Gasteiger partial charge in [-0.25, -0.2) is 0 Å². The monoisotopic (exact) mass is 300 g/mol. The van der Waals surface area contributed by atoms with Crippen LogP contribution in [-0.4, -0.2) is 40.9 Å². The fourth-order valence-electron chi connectivity index (χ4n) is 2.36. The Kier molecular flexibility index (Phi) is 3.86. The topological polar surface area (TPSA) is 51.9 Å². The third-order valence-corrected chi connectivity index (χ3v) is 4.46. The molecule has 0 amide bonds. The molecule has 3 aliphatic rings. The first-order valence-electron chi connectivity index (χ1n) is 6.75. The number of allylic oxidation sites excluding steroid dienone is 3. The van der Waals surface area contributed by atoms with Crippen LogP contribution in [0.2, 0.25) is 0 Å². The van der Waals surface area contributed by atoms with E-state index >= 15 is 0 Å². The second-order valence-electron chi connectivity index (χ2n) is 4.88. The molecular formula is C15H16N4OS. The summed E-state index contributed by atoms with van der Waals surface area (Å²) in [5, 5.41) is 12.1. The molecule has 3 heterocycles. The maximum atomic E-state index is 8.88. The number of ether oxygens (including phenoxy) is 1. The van der Waals surface area contributed by atoms with Gasteiger partial charge in [0.2, 0.25) is 0 Å². The van der Waals surface area contributed by atoms with Crippen molar-refractivity contribution >= 4 is 16.9 Å². The Morgan fingerprint density at radius 3 is 3.24 bits per heavy atom. The highest BCUT2D eigenvalue weighted by molar-refractivity contribution is 8.16. The number of amidine groups is 1. The van der Waals surface area contributed by atoms with Crippen LogP contribution in [0.5, 0.6) is 0 Å². The maximum Gasteiger partial charge on any atom is 0.168 e. The molecule has 0 aromatic carbocycles. The molecule has 5 nitrogen and oxygen atoms in total. The molecule has 108 valence electrons. The molecule has 0 bridgehead atoms. The van der Waals surface area contributed by atoms with Gasteiger partial charge >= 0.3 is 0 Å². The van der Waals surface area contributed by atoms with Crippen LogP contribution in [0.1, 0.15) is 6.92 Å². The normalized spacial score (nSPS) is 21.7. The van der Waals surface area contributed by atoms with Crippen LogP contribution in [0.4, 0.5) is 0 Å². The molecule has 0 N–H and O–H groups in total. The van der Waals surface area contributed by atoms with Gasteiger partial charge in [-0.1, -0.05) is 18.3 Å². The zero-order valence-corrected chi connectivity index (χ0v) is 12.6. The Bertz CT molecular complexity index is 626. The Balaban J connectivity index is 1.56. The van der Waals surface area contributed by atoms with Crippen LogP contribution in [0.25, 0.3) is 0 Å². The summed E-state index contributed by atoms with van der Waals surface area (Å²) in [6, 6.07) is 2.11. The summed E-state index contributed by atoms with van der Waals surface area (Å²) in [4.78, 5) is 8.54. The molecule has 0 saturated carbocycles. The van der Waals surface area contributed by atoms with Crippen molar-refractivity contribution < 1.29 is 4.74 Å². The Hall–Kier alpha value is -1.97. The van der Waals surface area contributed by atoms with Gasteiger partial charge in [-0.15, -0.1) is 0 Å². The van der Waals surface area contributed by atoms with E-state index in [2.05, 4.69) is 27.9 Å². The summed E-state index contributed by atoms with van der Waals surface area (Å²) in [6.07, 6.45) is 5.23. The number of fused-ring (bicyclic) bond motifs is 1. The highest BCUT2D eigenvalue weighted by atomic mass is 32.2. The molecule has 0 aromatic rings. The molecule has 3 rings (SSSR count). The molecule has 0 aromatic heterocycles. The van der Waals surface area contributed by atoms with Crippen molar-refractivity contribution in [2.24, 2.45) is 4.99 Å². The van der Waals surface area contributed by atoms with Gasteiger partial charge < -0.3 is 14.5 Å². The van der Waals surface area contributed by atoms with Crippen molar-refractivity contribution in [2.75, 3.05) is 19.7 Å². The molecular weight excluding hydrogens is 284 g/mol. The smallest absolute Gasteiger partial charge is 0.168 e. The summed E-state index contributed by atoms with van der Waals surface area (Å²) in [5.41, 5.74) is 2.53. The first kappa shape index (κ1) is 14.0. The predicted octanol–water partition coefficient (Wildman–Crippen LogP) is 2.40. The van der Waals surface area contributed by atoms with Gasteiger partial charge in [0, 0.05) is 23.8 Å². The highest BCUT2D eigenvalue weighted by Gasteiger charge is 2.27. The van der Waals surface area contributed by atoms with E-state index in [9.17, 15) is 0 Å². The molecule has 21 heavy (non-hydrogen) atoms. The summed E-state index contributed by atoms with van der Waals surface area (Å²) < 4.78 is 5.94. The highest BCUT2D eigenvalue weighted by Crippen LogP contribution is 2.29. The van der Waals surface area contributed by atoms with E-state index in [1.165, 1.54) is 0 Å². The van der Waals surface area contributed by atoms with Crippen molar-refractivity contribution in [2.45, 2.75) is 13.2 Å². The van der Waals surface area contributed by atoms with E-state index in [0.29, 0.717) is 12.2 Å². The second kappa shape index (κ2) is 5.80. The number of hydrogen-bond acceptors (Lipinski definition) is 6. The van der Waals surface area contributed by atoms with E-state index in [1.807, 2.05) is 18.0 Å². The van der Waals surface area contributed by atoms with E-state index in [-0.39, 0.29) is 6.23 Å². The maximum absolute atomic E-state index is 8.88. The third kappa shape index (κ3) is 2.75. The average Bonchev–Trinajstić information content (AvgIpc) is 3.08. The number of thioether (sulfide) groups is 1. The minimum Gasteiger partial charge on any atom is -0.352 e. The van der Waals surface area contributed by atoms with E-state index in [0.717, 1.165) is 29.7 Å². The van der Waals surface area contributed by atoms with Crippen molar-refractivity contribution in [1.29, 1.82) is 5.26 Å². The van der Waals surface area contributed by atoms with Crippen LogP contribution in [0.15, 0.2) is 52.3 Å². The standard InChI is InChI=1S/C15H16N4OS/c1-11-7-13(8-16)3-5-18(11)12(2)20-9-14-10-21-15-17-4-6-19(14)15/h3,5,7,10,12H,1,4,6,9H2,2H3. The van der Waals surface area contributed by atoms with Gasteiger partial charge in [0.25, 0.3) is 0 Å². The van der Waals surface area contributed by atoms with Crippen LogP contribution in [0.3, 0.4) is 0 Å². The van der Waals surface area contributed by atoms with Crippen molar-refractivity contribution in [1.82, 2.24) is 9.80 Å². The van der Waals surface area contributed by atoms with Gasteiger partial charge in [0.15, 0.2) is 5.17 Å². The van der Waals surface area contributed by atoms with E-state index in [1.54, 1.807) is 23.9 Å². The Labute approximate surface area is 128 Å². The van der Waals surface area contributed by atoms with E-state index in [4.69, 9.17) is 10.00 Å². The summed E-state index contributed by atoms with van der Waals surface area (Å²) in [5.74, 6) is 0. The lowest BCUT2D eigenvalue weighted by Crippen LogP contribution is -2.32. The van der Waals surface area contributed by atoms with Crippen LogP contribution in [-0.2, 0) is 4.74 Å². The van der Waals surface area contributed by atoms with Crippen LogP contribution in [0, 0.1) is 11.3 Å². The lowest BCUT2D eigenvalue weighted by atomic mass is 10.2. The quantitative estimate of drug-likeness (QED) is 0.798. The van der Waals surface area contributed by atoms with Crippen molar-refractivity contribution in [3.63, 3.8) is 0 Å². The van der Waals surface area contributed by atoms with Gasteiger partial charge in [-0.2, -0.15) is 5.26 Å². The van der Waals surface area contributed by atoms with Gasteiger partial charge in [-0.05, 0) is 19.1 Å². The van der Waals surface area contributed by atoms with Crippen molar-refractivity contribution in [3.8, 4) is 6.07 Å². The predicted molar refractivity (Wildman–Crippen MR) is 83.9 cm³/mol. The zero-order chi connectivity index (χ0) is 14.8. The van der Waals surface area contributed by atoms with Gasteiger partial charge in [0.1, 0.15) is 6.23 Å². The molecule has 6 heteroatoms. The molecule has 0 spiro atoms. The number of rotatable bonds is 4. The third-order valence-electron chi connectivity index (χ3n) is 3.51. The Morgan fingerprint density at radius 2 is 2.48 bits per heavy atom. The molecule has 0 saturated heterocycles. The largest absolute Gasteiger partial charge is 0.352 e. The minimum atomic E-state index is -0.139. The second-order valence-corrected chi connectivity index (χ2v) is 5.72. The molecule has 1 atom stereocenters.